The van der Waals surface area contributed by atoms with E-state index in [0.29, 0.717) is 5.88 Å². The van der Waals surface area contributed by atoms with Crippen LogP contribution in [0.15, 0.2) is 66.9 Å². The zero-order valence-electron chi connectivity index (χ0n) is 17.6. The number of pyridine rings is 1. The third-order valence-electron chi connectivity index (χ3n) is 6.13. The molecule has 1 amide bonds. The van der Waals surface area contributed by atoms with Crippen molar-refractivity contribution in [1.82, 2.24) is 10.3 Å². The molecule has 1 saturated carbocycles. The highest BCUT2D eigenvalue weighted by Crippen LogP contribution is 2.44. The van der Waals surface area contributed by atoms with Gasteiger partial charge in [0.15, 0.2) is 0 Å². The number of hydrogen-bond donors (Lipinski definition) is 1. The monoisotopic (exact) mass is 414 g/mol. The summed E-state index contributed by atoms with van der Waals surface area (Å²) in [6.45, 7) is 2.01. The molecule has 5 nitrogen and oxygen atoms in total. The summed E-state index contributed by atoms with van der Waals surface area (Å²) < 4.78 is 12.1. The summed E-state index contributed by atoms with van der Waals surface area (Å²) in [5.41, 5.74) is 2.96. The number of carbonyl (C=O) groups excluding carboxylic acids is 1. The van der Waals surface area contributed by atoms with E-state index in [2.05, 4.69) is 10.3 Å². The summed E-state index contributed by atoms with van der Waals surface area (Å²) in [4.78, 5) is 17.7. The highest BCUT2D eigenvalue weighted by Gasteiger charge is 2.34. The highest BCUT2D eigenvalue weighted by molar-refractivity contribution is 5.89. The molecule has 0 saturated heterocycles. The maximum Gasteiger partial charge on any atom is 0.232 e. The molecule has 2 heterocycles. The van der Waals surface area contributed by atoms with Crippen molar-refractivity contribution in [2.45, 2.75) is 50.7 Å². The van der Waals surface area contributed by atoms with Gasteiger partial charge in [0.2, 0.25) is 11.8 Å². The van der Waals surface area contributed by atoms with Crippen LogP contribution >= 0.6 is 0 Å². The fourth-order valence-corrected chi connectivity index (χ4v) is 4.50. The first kappa shape index (κ1) is 19.6. The average Bonchev–Trinajstić information content (AvgIpc) is 2.80. The van der Waals surface area contributed by atoms with Gasteiger partial charge in [-0.05, 0) is 50.3 Å². The highest BCUT2D eigenvalue weighted by atomic mass is 16.5. The predicted molar refractivity (Wildman–Crippen MR) is 119 cm³/mol. The minimum atomic E-state index is -0.355. The lowest BCUT2D eigenvalue weighted by atomic mass is 9.86. The van der Waals surface area contributed by atoms with Crippen molar-refractivity contribution in [3.05, 3.63) is 83.6 Å². The van der Waals surface area contributed by atoms with Crippen molar-refractivity contribution >= 4 is 5.91 Å². The van der Waals surface area contributed by atoms with Gasteiger partial charge in [-0.3, -0.25) is 4.79 Å². The van der Waals surface area contributed by atoms with Crippen molar-refractivity contribution in [1.29, 1.82) is 0 Å². The first-order valence-corrected chi connectivity index (χ1v) is 10.9. The minimum Gasteiger partial charge on any atom is -0.474 e. The van der Waals surface area contributed by atoms with Crippen LogP contribution in [0.4, 0.5) is 0 Å². The van der Waals surface area contributed by atoms with Gasteiger partial charge >= 0.3 is 0 Å². The molecule has 1 aromatic heterocycles. The fraction of sp³-hybridized carbons (Fsp3) is 0.308. The van der Waals surface area contributed by atoms with Gasteiger partial charge < -0.3 is 14.8 Å². The Labute approximate surface area is 182 Å². The lowest BCUT2D eigenvalue weighted by molar-refractivity contribution is -0.122. The van der Waals surface area contributed by atoms with Gasteiger partial charge in [-0.2, -0.15) is 0 Å². The second kappa shape index (κ2) is 8.42. The molecule has 0 atom stereocenters. The number of para-hydroxylation sites is 2. The second-order valence-electron chi connectivity index (χ2n) is 8.38. The van der Waals surface area contributed by atoms with E-state index in [0.717, 1.165) is 53.9 Å². The lowest BCUT2D eigenvalue weighted by Crippen LogP contribution is -2.42. The Bertz CT molecular complexity index is 1030. The zero-order valence-corrected chi connectivity index (χ0v) is 17.6. The summed E-state index contributed by atoms with van der Waals surface area (Å²) in [6, 6.07) is 19.7. The summed E-state index contributed by atoms with van der Waals surface area (Å²) in [7, 11) is 0. The molecule has 0 spiro atoms. The number of fused-ring (bicyclic) bond motifs is 2. The number of ether oxygens (including phenoxy) is 2. The Balaban J connectivity index is 1.25. The first-order chi connectivity index (χ1) is 15.2. The smallest absolute Gasteiger partial charge is 0.232 e. The molecule has 31 heavy (non-hydrogen) atoms. The van der Waals surface area contributed by atoms with Crippen molar-refractivity contribution in [3.8, 4) is 17.4 Å². The predicted octanol–water partition coefficient (Wildman–Crippen LogP) is 5.13. The third-order valence-corrected chi connectivity index (χ3v) is 6.13. The number of rotatable bonds is 4. The molecular weight excluding hydrogens is 388 g/mol. The normalized spacial score (nSPS) is 20.2. The van der Waals surface area contributed by atoms with Gasteiger partial charge in [0.25, 0.3) is 0 Å². The van der Waals surface area contributed by atoms with E-state index in [1.807, 2.05) is 73.8 Å². The first-order valence-electron chi connectivity index (χ1n) is 10.9. The molecular formula is C26H26N2O3. The quantitative estimate of drug-likeness (QED) is 0.643. The molecule has 1 aliphatic heterocycles. The Kier molecular flexibility index (Phi) is 5.33. The van der Waals surface area contributed by atoms with Crippen LogP contribution < -0.4 is 14.8 Å². The molecule has 1 N–H and O–H groups in total. The average molecular weight is 415 g/mol. The number of aryl methyl sites for hydroxylation is 1. The van der Waals surface area contributed by atoms with E-state index >= 15 is 0 Å². The van der Waals surface area contributed by atoms with Crippen molar-refractivity contribution in [2.75, 3.05) is 0 Å². The van der Waals surface area contributed by atoms with Crippen LogP contribution in [-0.2, 0) is 4.79 Å². The maximum absolute atomic E-state index is 13.4. The maximum atomic E-state index is 13.4. The van der Waals surface area contributed by atoms with Crippen LogP contribution in [0.2, 0.25) is 0 Å². The van der Waals surface area contributed by atoms with Gasteiger partial charge in [0, 0.05) is 29.4 Å². The van der Waals surface area contributed by atoms with Crippen LogP contribution in [0.3, 0.4) is 0 Å². The standard InChI is InChI=1S/C26H26N2O3/c1-17-10-15-24(27-16-17)30-19-13-11-18(12-14-19)28-26(29)25-20-6-2-4-8-22(20)31-23-9-5-3-7-21(23)25/h2-10,15-16,18-19,25H,11-14H2,1H3,(H,28,29). The molecule has 0 unspecified atom stereocenters. The largest absolute Gasteiger partial charge is 0.474 e. The number of nitrogens with one attached hydrogen (secondary N) is 1. The third kappa shape index (κ3) is 4.13. The second-order valence-corrected chi connectivity index (χ2v) is 8.38. The summed E-state index contributed by atoms with van der Waals surface area (Å²) in [6.07, 6.45) is 5.57. The summed E-state index contributed by atoms with van der Waals surface area (Å²) in [5.74, 6) is 1.86. The van der Waals surface area contributed by atoms with Gasteiger partial charge in [-0.1, -0.05) is 42.5 Å². The summed E-state index contributed by atoms with van der Waals surface area (Å²) >= 11 is 0. The minimum absolute atomic E-state index is 0.0350. The van der Waals surface area contributed by atoms with E-state index in [1.54, 1.807) is 0 Å². The van der Waals surface area contributed by atoms with E-state index < -0.39 is 0 Å². The van der Waals surface area contributed by atoms with Crippen molar-refractivity contribution < 1.29 is 14.3 Å². The number of hydrogen-bond acceptors (Lipinski definition) is 4. The molecule has 2 aliphatic rings. The molecule has 5 heteroatoms. The van der Waals surface area contributed by atoms with Crippen LogP contribution in [-0.4, -0.2) is 23.0 Å². The SMILES string of the molecule is Cc1ccc(OC2CCC(NC(=O)C3c4ccccc4Oc4ccccc43)CC2)nc1. The van der Waals surface area contributed by atoms with Gasteiger partial charge in [-0.25, -0.2) is 4.98 Å². The van der Waals surface area contributed by atoms with E-state index in [4.69, 9.17) is 9.47 Å². The molecule has 1 aliphatic carbocycles. The Hall–Kier alpha value is -3.34. The van der Waals surface area contributed by atoms with Crippen LogP contribution in [0.5, 0.6) is 17.4 Å². The summed E-state index contributed by atoms with van der Waals surface area (Å²) in [5, 5.41) is 3.30. The van der Waals surface area contributed by atoms with Crippen LogP contribution in [0, 0.1) is 6.92 Å². The van der Waals surface area contributed by atoms with Crippen LogP contribution in [0.25, 0.3) is 0 Å². The van der Waals surface area contributed by atoms with Gasteiger partial charge in [-0.15, -0.1) is 0 Å². The molecule has 158 valence electrons. The topological polar surface area (TPSA) is 60.5 Å². The molecule has 1 fully saturated rings. The van der Waals surface area contributed by atoms with Crippen molar-refractivity contribution in [2.24, 2.45) is 0 Å². The Morgan fingerprint density at radius 2 is 1.58 bits per heavy atom. The molecule has 0 bridgehead atoms. The Morgan fingerprint density at radius 1 is 0.935 bits per heavy atom. The van der Waals surface area contributed by atoms with Gasteiger partial charge in [0.1, 0.15) is 17.6 Å². The lowest BCUT2D eigenvalue weighted by Gasteiger charge is -2.32. The van der Waals surface area contributed by atoms with E-state index in [-0.39, 0.29) is 24.0 Å². The Morgan fingerprint density at radius 3 is 2.19 bits per heavy atom. The molecule has 0 radical (unpaired) electrons. The number of benzene rings is 2. The number of nitrogens with zero attached hydrogens (tertiary/aromatic N) is 1. The molecule has 3 aromatic rings. The zero-order chi connectivity index (χ0) is 21.2. The van der Waals surface area contributed by atoms with Crippen LogP contribution in [0.1, 0.15) is 48.3 Å². The number of carbonyl (C=O) groups is 1. The molecule has 2 aromatic carbocycles. The number of aromatic nitrogens is 1. The van der Waals surface area contributed by atoms with Crippen molar-refractivity contribution in [3.63, 3.8) is 0 Å². The number of amides is 1. The fourth-order valence-electron chi connectivity index (χ4n) is 4.50. The molecule has 5 rings (SSSR count). The van der Waals surface area contributed by atoms with Gasteiger partial charge in [0.05, 0.1) is 5.92 Å². The van der Waals surface area contributed by atoms with E-state index in [9.17, 15) is 4.79 Å². The van der Waals surface area contributed by atoms with E-state index in [1.165, 1.54) is 0 Å².